The van der Waals surface area contributed by atoms with Crippen LogP contribution in [0.5, 0.6) is 0 Å². The summed E-state index contributed by atoms with van der Waals surface area (Å²) in [7, 11) is 0. The fraction of sp³-hybridized carbons (Fsp3) is 0.400. The highest BCUT2D eigenvalue weighted by Gasteiger charge is 2.26. The topological polar surface area (TPSA) is 38.0 Å². The SMILES string of the molecule is O[C@H]1CCCC[C@@H]1n1ccnc1-c1ccccc1. The highest BCUT2D eigenvalue weighted by molar-refractivity contribution is 5.55. The number of nitrogens with zero attached hydrogens (tertiary/aromatic N) is 2. The van der Waals surface area contributed by atoms with E-state index >= 15 is 0 Å². The molecule has 1 aliphatic carbocycles. The molecule has 3 heteroatoms. The molecule has 1 saturated carbocycles. The van der Waals surface area contributed by atoms with Crippen LogP contribution in [-0.4, -0.2) is 20.8 Å². The highest BCUT2D eigenvalue weighted by atomic mass is 16.3. The van der Waals surface area contributed by atoms with Gasteiger partial charge in [0.15, 0.2) is 0 Å². The molecule has 1 N–H and O–H groups in total. The molecule has 0 aliphatic heterocycles. The zero-order chi connectivity index (χ0) is 12.4. The van der Waals surface area contributed by atoms with Crippen LogP contribution in [0.3, 0.4) is 0 Å². The van der Waals surface area contributed by atoms with Gasteiger partial charge in [0.05, 0.1) is 12.1 Å². The van der Waals surface area contributed by atoms with Crippen LogP contribution in [0.2, 0.25) is 0 Å². The maximum Gasteiger partial charge on any atom is 0.140 e. The van der Waals surface area contributed by atoms with Crippen molar-refractivity contribution in [2.75, 3.05) is 0 Å². The van der Waals surface area contributed by atoms with Gasteiger partial charge in [0.25, 0.3) is 0 Å². The van der Waals surface area contributed by atoms with Gasteiger partial charge < -0.3 is 9.67 Å². The van der Waals surface area contributed by atoms with Gasteiger partial charge in [-0.3, -0.25) is 0 Å². The predicted octanol–water partition coefficient (Wildman–Crippen LogP) is 3.03. The van der Waals surface area contributed by atoms with Crippen molar-refractivity contribution >= 4 is 0 Å². The highest BCUT2D eigenvalue weighted by Crippen LogP contribution is 2.32. The van der Waals surface area contributed by atoms with Crippen LogP contribution in [0.15, 0.2) is 42.7 Å². The minimum atomic E-state index is -0.240. The largest absolute Gasteiger partial charge is 0.391 e. The average Bonchev–Trinajstić information content (AvgIpc) is 2.89. The van der Waals surface area contributed by atoms with Crippen molar-refractivity contribution < 1.29 is 5.11 Å². The maximum absolute atomic E-state index is 10.2. The van der Waals surface area contributed by atoms with Crippen molar-refractivity contribution in [3.05, 3.63) is 42.7 Å². The number of imidazole rings is 1. The van der Waals surface area contributed by atoms with E-state index < -0.39 is 0 Å². The molecule has 0 radical (unpaired) electrons. The Morgan fingerprint density at radius 2 is 1.89 bits per heavy atom. The molecule has 0 amide bonds. The fourth-order valence-corrected chi connectivity index (χ4v) is 2.81. The van der Waals surface area contributed by atoms with Gasteiger partial charge in [-0.2, -0.15) is 0 Å². The zero-order valence-electron chi connectivity index (χ0n) is 10.4. The smallest absolute Gasteiger partial charge is 0.140 e. The van der Waals surface area contributed by atoms with E-state index in [1.54, 1.807) is 0 Å². The molecule has 0 saturated heterocycles. The molecule has 1 fully saturated rings. The summed E-state index contributed by atoms with van der Waals surface area (Å²) in [6.07, 6.45) is 7.83. The first kappa shape index (κ1) is 11.5. The molecular weight excluding hydrogens is 224 g/mol. The normalized spacial score (nSPS) is 24.1. The molecule has 0 bridgehead atoms. The molecule has 0 spiro atoms. The van der Waals surface area contributed by atoms with Gasteiger partial charge in [-0.1, -0.05) is 43.2 Å². The van der Waals surface area contributed by atoms with Crippen LogP contribution in [-0.2, 0) is 0 Å². The second kappa shape index (κ2) is 4.94. The first-order valence-corrected chi connectivity index (χ1v) is 6.62. The second-order valence-corrected chi connectivity index (χ2v) is 4.94. The van der Waals surface area contributed by atoms with Gasteiger partial charge in [-0.25, -0.2) is 4.98 Å². The molecule has 94 valence electrons. The Bertz CT molecular complexity index is 506. The fourth-order valence-electron chi connectivity index (χ4n) is 2.81. The quantitative estimate of drug-likeness (QED) is 0.879. The molecule has 2 atom stereocenters. The Kier molecular flexibility index (Phi) is 3.15. The Labute approximate surface area is 107 Å². The average molecular weight is 242 g/mol. The minimum Gasteiger partial charge on any atom is -0.391 e. The van der Waals surface area contributed by atoms with Gasteiger partial charge in [-0.05, 0) is 12.8 Å². The third-order valence-electron chi connectivity index (χ3n) is 3.75. The standard InChI is InChI=1S/C15H18N2O/c18-14-9-5-4-8-13(14)17-11-10-16-15(17)12-6-2-1-3-7-12/h1-3,6-7,10-11,13-14,18H,4-5,8-9H2/t13-,14-/m0/s1. The Hall–Kier alpha value is -1.61. The lowest BCUT2D eigenvalue weighted by atomic mass is 9.92. The van der Waals surface area contributed by atoms with Gasteiger partial charge in [-0.15, -0.1) is 0 Å². The van der Waals surface area contributed by atoms with Crippen molar-refractivity contribution in [3.8, 4) is 11.4 Å². The molecule has 1 aromatic heterocycles. The first-order valence-electron chi connectivity index (χ1n) is 6.62. The molecular formula is C15H18N2O. The van der Waals surface area contributed by atoms with E-state index in [9.17, 15) is 5.11 Å². The second-order valence-electron chi connectivity index (χ2n) is 4.94. The van der Waals surface area contributed by atoms with Gasteiger partial charge >= 0.3 is 0 Å². The lowest BCUT2D eigenvalue weighted by Gasteiger charge is -2.29. The summed E-state index contributed by atoms with van der Waals surface area (Å²) in [5.74, 6) is 0.960. The van der Waals surface area contributed by atoms with Crippen molar-refractivity contribution in [3.63, 3.8) is 0 Å². The van der Waals surface area contributed by atoms with Crippen LogP contribution < -0.4 is 0 Å². The lowest BCUT2D eigenvalue weighted by Crippen LogP contribution is -2.27. The predicted molar refractivity (Wildman–Crippen MR) is 71.2 cm³/mol. The molecule has 18 heavy (non-hydrogen) atoms. The number of aromatic nitrogens is 2. The summed E-state index contributed by atoms with van der Waals surface area (Å²) in [6.45, 7) is 0. The number of aliphatic hydroxyl groups is 1. The molecule has 2 aromatic rings. The van der Waals surface area contributed by atoms with Gasteiger partial charge in [0, 0.05) is 18.0 Å². The zero-order valence-corrected chi connectivity index (χ0v) is 10.4. The molecule has 0 unspecified atom stereocenters. The van der Waals surface area contributed by atoms with Crippen molar-refractivity contribution in [2.24, 2.45) is 0 Å². The number of hydrogen-bond donors (Lipinski definition) is 1. The maximum atomic E-state index is 10.2. The Balaban J connectivity index is 1.96. The third-order valence-corrected chi connectivity index (χ3v) is 3.75. The van der Waals surface area contributed by atoms with E-state index in [-0.39, 0.29) is 12.1 Å². The molecule has 1 heterocycles. The summed E-state index contributed by atoms with van der Waals surface area (Å²) in [5.41, 5.74) is 1.11. The van der Waals surface area contributed by atoms with Gasteiger partial charge in [0.1, 0.15) is 5.82 Å². The molecule has 3 rings (SSSR count). The van der Waals surface area contributed by atoms with E-state index in [2.05, 4.69) is 21.7 Å². The Morgan fingerprint density at radius 3 is 2.67 bits per heavy atom. The third kappa shape index (κ3) is 2.06. The first-order chi connectivity index (χ1) is 8.86. The summed E-state index contributed by atoms with van der Waals surface area (Å²) < 4.78 is 2.14. The van der Waals surface area contributed by atoms with E-state index in [1.807, 2.05) is 30.6 Å². The van der Waals surface area contributed by atoms with E-state index in [0.717, 1.165) is 30.7 Å². The summed E-state index contributed by atoms with van der Waals surface area (Å²) >= 11 is 0. The lowest BCUT2D eigenvalue weighted by molar-refractivity contribution is 0.0762. The van der Waals surface area contributed by atoms with Crippen molar-refractivity contribution in [2.45, 2.75) is 37.8 Å². The van der Waals surface area contributed by atoms with Crippen molar-refractivity contribution in [1.82, 2.24) is 9.55 Å². The van der Waals surface area contributed by atoms with Crippen LogP contribution >= 0.6 is 0 Å². The number of rotatable bonds is 2. The number of aliphatic hydroxyl groups excluding tert-OH is 1. The Morgan fingerprint density at radius 1 is 1.11 bits per heavy atom. The van der Waals surface area contributed by atoms with Crippen LogP contribution in [0, 0.1) is 0 Å². The van der Waals surface area contributed by atoms with Crippen LogP contribution in [0.25, 0.3) is 11.4 Å². The summed E-state index contributed by atoms with van der Waals surface area (Å²) in [4.78, 5) is 4.45. The van der Waals surface area contributed by atoms with Crippen molar-refractivity contribution in [1.29, 1.82) is 0 Å². The summed E-state index contributed by atoms with van der Waals surface area (Å²) in [5, 5.41) is 10.2. The van der Waals surface area contributed by atoms with E-state index in [4.69, 9.17) is 0 Å². The van der Waals surface area contributed by atoms with Crippen LogP contribution in [0.1, 0.15) is 31.7 Å². The molecule has 3 nitrogen and oxygen atoms in total. The molecule has 1 aliphatic rings. The van der Waals surface area contributed by atoms with E-state index in [0.29, 0.717) is 0 Å². The van der Waals surface area contributed by atoms with E-state index in [1.165, 1.54) is 6.42 Å². The minimum absolute atomic E-state index is 0.177. The number of benzene rings is 1. The summed E-state index contributed by atoms with van der Waals surface area (Å²) in [6, 6.07) is 10.3. The van der Waals surface area contributed by atoms with Gasteiger partial charge in [0.2, 0.25) is 0 Å². The number of hydrogen-bond acceptors (Lipinski definition) is 2. The van der Waals surface area contributed by atoms with Crippen LogP contribution in [0.4, 0.5) is 0 Å². The molecule has 1 aromatic carbocycles. The monoisotopic (exact) mass is 242 g/mol.